The topological polar surface area (TPSA) is 58.6 Å². The molecule has 6 heteroatoms. The molecule has 0 unspecified atom stereocenters. The van der Waals surface area contributed by atoms with Crippen molar-refractivity contribution in [2.24, 2.45) is 0 Å². The fourth-order valence-electron chi connectivity index (χ4n) is 2.89. The van der Waals surface area contributed by atoms with Crippen molar-refractivity contribution >= 4 is 29.1 Å². The second-order valence-corrected chi connectivity index (χ2v) is 6.69. The Morgan fingerprint density at radius 3 is 2.77 bits per heavy atom. The lowest BCUT2D eigenvalue weighted by atomic mass is 10.1. The van der Waals surface area contributed by atoms with Gasteiger partial charge in [0.25, 0.3) is 5.91 Å². The summed E-state index contributed by atoms with van der Waals surface area (Å²) in [5.41, 5.74) is 2.46. The first-order valence-corrected chi connectivity index (χ1v) is 8.96. The van der Waals surface area contributed by atoms with Crippen LogP contribution in [0.25, 0.3) is 0 Å². The van der Waals surface area contributed by atoms with Gasteiger partial charge in [0.15, 0.2) is 6.10 Å². The molecule has 0 saturated heterocycles. The van der Waals surface area contributed by atoms with Crippen LogP contribution in [-0.2, 0) is 16.1 Å². The first kappa shape index (κ1) is 18.3. The minimum Gasteiger partial charge on any atom is -0.478 e. The number of ether oxygens (including phenoxy) is 1. The molecule has 5 nitrogen and oxygen atoms in total. The lowest BCUT2D eigenvalue weighted by molar-refractivity contribution is -0.129. The van der Waals surface area contributed by atoms with Crippen LogP contribution >= 0.6 is 11.6 Å². The molecule has 1 heterocycles. The number of halogens is 1. The molecular formula is C20H21ClN2O3. The highest BCUT2D eigenvalue weighted by molar-refractivity contribution is 6.31. The molecule has 0 aromatic heterocycles. The van der Waals surface area contributed by atoms with Gasteiger partial charge in [-0.05, 0) is 42.7 Å². The number of amides is 2. The van der Waals surface area contributed by atoms with E-state index in [1.54, 1.807) is 6.07 Å². The minimum absolute atomic E-state index is 0.0560. The second kappa shape index (κ2) is 7.79. The van der Waals surface area contributed by atoms with Crippen molar-refractivity contribution in [1.29, 1.82) is 0 Å². The van der Waals surface area contributed by atoms with Gasteiger partial charge in [-0.2, -0.15) is 0 Å². The number of fused-ring (bicyclic) bond motifs is 1. The standard InChI is InChI=1S/C20H21ClN2O3/c1-3-17-20(25)23(16-10-13(2)8-9-18(16)26-17)12-19(24)22-11-14-6-4-5-7-15(14)21/h4-10,17H,3,11-12H2,1-2H3,(H,22,24)/t17-/m1/s1. The quantitative estimate of drug-likeness (QED) is 0.874. The predicted molar refractivity (Wildman–Crippen MR) is 102 cm³/mol. The van der Waals surface area contributed by atoms with E-state index in [-0.39, 0.29) is 18.4 Å². The second-order valence-electron chi connectivity index (χ2n) is 6.28. The fraction of sp³-hybridized carbons (Fsp3) is 0.300. The molecular weight excluding hydrogens is 352 g/mol. The van der Waals surface area contributed by atoms with Crippen molar-refractivity contribution in [1.82, 2.24) is 5.32 Å². The molecule has 0 saturated carbocycles. The summed E-state index contributed by atoms with van der Waals surface area (Å²) in [4.78, 5) is 26.6. The first-order chi connectivity index (χ1) is 12.5. The Balaban J connectivity index is 1.75. The Labute approximate surface area is 157 Å². The van der Waals surface area contributed by atoms with E-state index in [9.17, 15) is 9.59 Å². The lowest BCUT2D eigenvalue weighted by Crippen LogP contribution is -2.49. The molecule has 136 valence electrons. The predicted octanol–water partition coefficient (Wildman–Crippen LogP) is 3.47. The van der Waals surface area contributed by atoms with Crippen LogP contribution in [-0.4, -0.2) is 24.5 Å². The van der Waals surface area contributed by atoms with Gasteiger partial charge in [0.1, 0.15) is 12.3 Å². The zero-order valence-corrected chi connectivity index (χ0v) is 15.5. The number of rotatable bonds is 5. The Hall–Kier alpha value is -2.53. The van der Waals surface area contributed by atoms with E-state index in [0.29, 0.717) is 29.4 Å². The smallest absolute Gasteiger partial charge is 0.268 e. The molecule has 0 bridgehead atoms. The van der Waals surface area contributed by atoms with E-state index >= 15 is 0 Å². The maximum Gasteiger partial charge on any atom is 0.268 e. The molecule has 3 rings (SSSR count). The summed E-state index contributed by atoms with van der Waals surface area (Å²) in [5.74, 6) is 0.182. The Kier molecular flexibility index (Phi) is 5.47. The molecule has 0 fully saturated rings. The highest BCUT2D eigenvalue weighted by Gasteiger charge is 2.34. The number of carbonyl (C=O) groups is 2. The van der Waals surface area contributed by atoms with Gasteiger partial charge in [0, 0.05) is 11.6 Å². The fourth-order valence-corrected chi connectivity index (χ4v) is 3.09. The zero-order valence-electron chi connectivity index (χ0n) is 14.8. The molecule has 1 N–H and O–H groups in total. The van der Waals surface area contributed by atoms with Crippen molar-refractivity contribution in [3.63, 3.8) is 0 Å². The normalized spacial score (nSPS) is 16.0. The summed E-state index contributed by atoms with van der Waals surface area (Å²) in [5, 5.41) is 3.43. The molecule has 2 aromatic rings. The molecule has 1 aliphatic heterocycles. The zero-order chi connectivity index (χ0) is 18.7. The summed E-state index contributed by atoms with van der Waals surface area (Å²) in [6, 6.07) is 13.0. The van der Waals surface area contributed by atoms with Crippen molar-refractivity contribution < 1.29 is 14.3 Å². The van der Waals surface area contributed by atoms with Crippen LogP contribution < -0.4 is 15.0 Å². The third-order valence-electron chi connectivity index (χ3n) is 4.32. The summed E-state index contributed by atoms with van der Waals surface area (Å²) < 4.78 is 5.76. The maximum absolute atomic E-state index is 12.7. The summed E-state index contributed by atoms with van der Waals surface area (Å²) >= 11 is 6.11. The van der Waals surface area contributed by atoms with Crippen LogP contribution in [0.4, 0.5) is 5.69 Å². The molecule has 2 aromatic carbocycles. The first-order valence-electron chi connectivity index (χ1n) is 8.58. The summed E-state index contributed by atoms with van der Waals surface area (Å²) in [6.07, 6.45) is -0.0225. The maximum atomic E-state index is 12.7. The number of hydrogen-bond donors (Lipinski definition) is 1. The van der Waals surface area contributed by atoms with Crippen LogP contribution in [0.2, 0.25) is 5.02 Å². The van der Waals surface area contributed by atoms with Crippen molar-refractivity contribution in [2.75, 3.05) is 11.4 Å². The highest BCUT2D eigenvalue weighted by Crippen LogP contribution is 2.35. The lowest BCUT2D eigenvalue weighted by Gasteiger charge is -2.33. The molecule has 0 aliphatic carbocycles. The molecule has 0 spiro atoms. The average Bonchev–Trinajstić information content (AvgIpc) is 2.63. The van der Waals surface area contributed by atoms with E-state index in [1.807, 2.05) is 50.2 Å². The Morgan fingerprint density at radius 1 is 1.27 bits per heavy atom. The van der Waals surface area contributed by atoms with Gasteiger partial charge in [-0.15, -0.1) is 0 Å². The number of carbonyl (C=O) groups excluding carboxylic acids is 2. The average molecular weight is 373 g/mol. The number of anilines is 1. The molecule has 26 heavy (non-hydrogen) atoms. The summed E-state index contributed by atoms with van der Waals surface area (Å²) in [7, 11) is 0. The van der Waals surface area contributed by atoms with E-state index in [2.05, 4.69) is 5.32 Å². The Morgan fingerprint density at radius 2 is 2.04 bits per heavy atom. The van der Waals surface area contributed by atoms with E-state index in [4.69, 9.17) is 16.3 Å². The number of nitrogens with one attached hydrogen (secondary N) is 1. The van der Waals surface area contributed by atoms with Gasteiger partial charge in [-0.1, -0.05) is 42.8 Å². The van der Waals surface area contributed by atoms with Crippen LogP contribution in [0.3, 0.4) is 0 Å². The van der Waals surface area contributed by atoms with Gasteiger partial charge in [0.2, 0.25) is 5.91 Å². The van der Waals surface area contributed by atoms with Crippen molar-refractivity contribution in [2.45, 2.75) is 32.9 Å². The molecule has 2 amide bonds. The summed E-state index contributed by atoms with van der Waals surface area (Å²) in [6.45, 7) is 4.08. The minimum atomic E-state index is -0.568. The third-order valence-corrected chi connectivity index (χ3v) is 4.69. The van der Waals surface area contributed by atoms with Crippen LogP contribution in [0.15, 0.2) is 42.5 Å². The third kappa shape index (κ3) is 3.83. The van der Waals surface area contributed by atoms with E-state index < -0.39 is 6.10 Å². The number of aryl methyl sites for hydroxylation is 1. The van der Waals surface area contributed by atoms with Gasteiger partial charge < -0.3 is 10.1 Å². The van der Waals surface area contributed by atoms with Gasteiger partial charge in [0.05, 0.1) is 5.69 Å². The molecule has 0 radical (unpaired) electrons. The van der Waals surface area contributed by atoms with Gasteiger partial charge >= 0.3 is 0 Å². The monoisotopic (exact) mass is 372 g/mol. The number of hydrogen-bond acceptors (Lipinski definition) is 3. The van der Waals surface area contributed by atoms with Gasteiger partial charge in [-0.3, -0.25) is 14.5 Å². The molecule has 1 aliphatic rings. The van der Waals surface area contributed by atoms with E-state index in [0.717, 1.165) is 11.1 Å². The van der Waals surface area contributed by atoms with Gasteiger partial charge in [-0.25, -0.2) is 0 Å². The van der Waals surface area contributed by atoms with Crippen LogP contribution in [0.5, 0.6) is 5.75 Å². The van der Waals surface area contributed by atoms with Crippen LogP contribution in [0.1, 0.15) is 24.5 Å². The Bertz CT molecular complexity index is 838. The SMILES string of the molecule is CC[C@H]1Oc2ccc(C)cc2N(CC(=O)NCc2ccccc2Cl)C1=O. The number of benzene rings is 2. The highest BCUT2D eigenvalue weighted by atomic mass is 35.5. The largest absolute Gasteiger partial charge is 0.478 e. The van der Waals surface area contributed by atoms with Crippen molar-refractivity contribution in [3.8, 4) is 5.75 Å². The van der Waals surface area contributed by atoms with Crippen LogP contribution in [0, 0.1) is 6.92 Å². The number of nitrogens with zero attached hydrogens (tertiary/aromatic N) is 1. The molecule has 1 atom stereocenters. The van der Waals surface area contributed by atoms with E-state index in [1.165, 1.54) is 4.90 Å². The van der Waals surface area contributed by atoms with Crippen molar-refractivity contribution in [3.05, 3.63) is 58.6 Å².